The van der Waals surface area contributed by atoms with Crippen molar-refractivity contribution < 1.29 is 9.53 Å². The van der Waals surface area contributed by atoms with Crippen LogP contribution in [-0.2, 0) is 0 Å². The highest BCUT2D eigenvalue weighted by Crippen LogP contribution is 2.26. The number of anilines is 3. The van der Waals surface area contributed by atoms with Gasteiger partial charge in [0.25, 0.3) is 5.91 Å². The largest absolute Gasteiger partial charge is 0.492 e. The first-order valence-corrected chi connectivity index (χ1v) is 8.32. The highest BCUT2D eigenvalue weighted by molar-refractivity contribution is 6.04. The molecule has 0 aliphatic carbocycles. The molecule has 2 aromatic carbocycles. The van der Waals surface area contributed by atoms with Crippen LogP contribution in [0.15, 0.2) is 60.9 Å². The van der Waals surface area contributed by atoms with Gasteiger partial charge in [-0.3, -0.25) is 4.79 Å². The molecule has 1 heterocycles. The van der Waals surface area contributed by atoms with Crippen molar-refractivity contribution in [1.82, 2.24) is 9.97 Å². The summed E-state index contributed by atoms with van der Waals surface area (Å²) in [5.41, 5.74) is 1.85. The van der Waals surface area contributed by atoms with Gasteiger partial charge < -0.3 is 15.4 Å². The second kappa shape index (κ2) is 8.45. The lowest BCUT2D eigenvalue weighted by Crippen LogP contribution is -2.14. The zero-order valence-corrected chi connectivity index (χ0v) is 14.6. The first kappa shape index (κ1) is 17.9. The van der Waals surface area contributed by atoms with E-state index in [9.17, 15) is 4.79 Å². The Morgan fingerprint density at radius 3 is 2.44 bits per heavy atom. The monoisotopic (exact) mass is 359 g/mol. The molecule has 3 rings (SSSR count). The summed E-state index contributed by atoms with van der Waals surface area (Å²) in [5.74, 6) is 0.647. The molecule has 7 heteroatoms. The third kappa shape index (κ3) is 4.38. The number of nitriles is 1. The van der Waals surface area contributed by atoms with E-state index in [0.29, 0.717) is 29.6 Å². The van der Waals surface area contributed by atoms with Gasteiger partial charge in [-0.2, -0.15) is 5.26 Å². The van der Waals surface area contributed by atoms with Gasteiger partial charge in [-0.25, -0.2) is 9.97 Å². The molecule has 7 nitrogen and oxygen atoms in total. The van der Waals surface area contributed by atoms with Crippen molar-refractivity contribution in [1.29, 1.82) is 5.26 Å². The van der Waals surface area contributed by atoms with E-state index in [1.165, 1.54) is 12.4 Å². The van der Waals surface area contributed by atoms with Crippen LogP contribution >= 0.6 is 0 Å². The van der Waals surface area contributed by atoms with Crippen molar-refractivity contribution in [3.63, 3.8) is 0 Å². The molecule has 0 bridgehead atoms. The van der Waals surface area contributed by atoms with Crippen LogP contribution in [0.5, 0.6) is 5.75 Å². The molecule has 3 aromatic rings. The second-order valence-corrected chi connectivity index (χ2v) is 5.46. The lowest BCUT2D eigenvalue weighted by molar-refractivity contribution is 0.102. The molecule has 1 amide bonds. The molecule has 0 saturated heterocycles. The lowest BCUT2D eigenvalue weighted by atomic mass is 10.2. The van der Waals surface area contributed by atoms with Crippen LogP contribution in [-0.4, -0.2) is 22.5 Å². The van der Waals surface area contributed by atoms with E-state index in [-0.39, 0.29) is 11.5 Å². The number of rotatable bonds is 6. The number of amides is 1. The molecule has 0 radical (unpaired) electrons. The summed E-state index contributed by atoms with van der Waals surface area (Å²) in [4.78, 5) is 20.7. The maximum Gasteiger partial charge on any atom is 0.258 e. The summed E-state index contributed by atoms with van der Waals surface area (Å²) in [6.07, 6.45) is 2.84. The molecule has 0 fully saturated rings. The Labute approximate surface area is 156 Å². The number of para-hydroxylation sites is 3. The maximum absolute atomic E-state index is 12.4. The molecule has 27 heavy (non-hydrogen) atoms. The van der Waals surface area contributed by atoms with Gasteiger partial charge in [0, 0.05) is 12.4 Å². The average molecular weight is 359 g/mol. The van der Waals surface area contributed by atoms with Crippen molar-refractivity contribution in [2.45, 2.75) is 6.92 Å². The molecule has 0 unspecified atom stereocenters. The highest BCUT2D eigenvalue weighted by atomic mass is 16.5. The van der Waals surface area contributed by atoms with E-state index in [4.69, 9.17) is 10.00 Å². The second-order valence-electron chi connectivity index (χ2n) is 5.46. The van der Waals surface area contributed by atoms with E-state index >= 15 is 0 Å². The third-order valence-corrected chi connectivity index (χ3v) is 3.64. The summed E-state index contributed by atoms with van der Waals surface area (Å²) in [6.45, 7) is 2.45. The van der Waals surface area contributed by atoms with Gasteiger partial charge in [0.05, 0.1) is 29.1 Å². The fourth-order valence-electron chi connectivity index (χ4n) is 2.37. The Morgan fingerprint density at radius 2 is 1.74 bits per heavy atom. The number of nitrogens with one attached hydrogen (secondary N) is 2. The minimum absolute atomic E-state index is 0.284. The first-order valence-electron chi connectivity index (χ1n) is 8.32. The van der Waals surface area contributed by atoms with Crippen molar-refractivity contribution >= 4 is 23.2 Å². The smallest absolute Gasteiger partial charge is 0.258 e. The zero-order valence-electron chi connectivity index (χ0n) is 14.6. The van der Waals surface area contributed by atoms with Gasteiger partial charge in [0.15, 0.2) is 0 Å². The summed E-state index contributed by atoms with van der Waals surface area (Å²) < 4.78 is 5.55. The van der Waals surface area contributed by atoms with E-state index in [0.717, 1.165) is 5.69 Å². The standard InChI is InChI=1S/C20H17N5O2/c1-2-27-18-10-6-5-9-17(18)25-20-22-12-15(13-23-20)19(26)24-16-8-4-3-7-14(16)11-21/h3-10,12-13H,2H2,1H3,(H,24,26)(H,22,23,25). The quantitative estimate of drug-likeness (QED) is 0.695. The van der Waals surface area contributed by atoms with Gasteiger partial charge in [-0.05, 0) is 31.2 Å². The van der Waals surface area contributed by atoms with Crippen LogP contribution in [0.2, 0.25) is 0 Å². The Bertz CT molecular complexity index is 980. The Kier molecular flexibility index (Phi) is 5.60. The first-order chi connectivity index (χ1) is 13.2. The molecule has 0 spiro atoms. The molecule has 1 aromatic heterocycles. The van der Waals surface area contributed by atoms with Crippen LogP contribution in [0.3, 0.4) is 0 Å². The van der Waals surface area contributed by atoms with E-state index < -0.39 is 0 Å². The van der Waals surface area contributed by atoms with E-state index in [1.54, 1.807) is 24.3 Å². The minimum atomic E-state index is -0.390. The topological polar surface area (TPSA) is 99.9 Å². The van der Waals surface area contributed by atoms with Crippen molar-refractivity contribution in [3.05, 3.63) is 72.1 Å². The Morgan fingerprint density at radius 1 is 1.07 bits per heavy atom. The molecular weight excluding hydrogens is 342 g/mol. The number of benzene rings is 2. The molecule has 134 valence electrons. The molecule has 2 N–H and O–H groups in total. The Hall–Kier alpha value is -3.92. The number of hydrogen-bond acceptors (Lipinski definition) is 6. The number of nitrogens with zero attached hydrogens (tertiary/aromatic N) is 3. The van der Waals surface area contributed by atoms with Gasteiger partial charge >= 0.3 is 0 Å². The highest BCUT2D eigenvalue weighted by Gasteiger charge is 2.11. The van der Waals surface area contributed by atoms with Crippen molar-refractivity contribution in [2.75, 3.05) is 17.2 Å². The maximum atomic E-state index is 12.4. The fourth-order valence-corrected chi connectivity index (χ4v) is 2.37. The van der Waals surface area contributed by atoms with Gasteiger partial charge in [-0.1, -0.05) is 24.3 Å². The lowest BCUT2D eigenvalue weighted by Gasteiger charge is -2.11. The SMILES string of the molecule is CCOc1ccccc1Nc1ncc(C(=O)Nc2ccccc2C#N)cn1. The predicted molar refractivity (Wildman–Crippen MR) is 102 cm³/mol. The fraction of sp³-hybridized carbons (Fsp3) is 0.100. The average Bonchev–Trinajstić information content (AvgIpc) is 2.70. The summed E-state index contributed by atoms with van der Waals surface area (Å²) >= 11 is 0. The normalized spacial score (nSPS) is 9.93. The van der Waals surface area contributed by atoms with E-state index in [1.807, 2.05) is 37.3 Å². The molecular formula is C20H17N5O2. The number of carbonyl (C=O) groups excluding carboxylic acids is 1. The number of carbonyl (C=O) groups is 1. The van der Waals surface area contributed by atoms with Crippen LogP contribution in [0.25, 0.3) is 0 Å². The van der Waals surface area contributed by atoms with Crippen LogP contribution in [0.1, 0.15) is 22.8 Å². The van der Waals surface area contributed by atoms with Crippen LogP contribution < -0.4 is 15.4 Å². The summed E-state index contributed by atoms with van der Waals surface area (Å²) in [5, 5.41) is 14.9. The molecule has 0 saturated carbocycles. The Balaban J connectivity index is 1.72. The van der Waals surface area contributed by atoms with Crippen molar-refractivity contribution in [2.24, 2.45) is 0 Å². The predicted octanol–water partition coefficient (Wildman–Crippen LogP) is 3.74. The molecule has 0 aliphatic heterocycles. The number of aromatic nitrogens is 2. The van der Waals surface area contributed by atoms with Gasteiger partial charge in [-0.15, -0.1) is 0 Å². The molecule has 0 aliphatic rings. The van der Waals surface area contributed by atoms with Gasteiger partial charge in [0.2, 0.25) is 5.95 Å². The summed E-state index contributed by atoms with van der Waals surface area (Å²) in [6, 6.07) is 16.3. The van der Waals surface area contributed by atoms with Crippen molar-refractivity contribution in [3.8, 4) is 11.8 Å². The van der Waals surface area contributed by atoms with Crippen LogP contribution in [0.4, 0.5) is 17.3 Å². The minimum Gasteiger partial charge on any atom is -0.492 e. The summed E-state index contributed by atoms with van der Waals surface area (Å²) in [7, 11) is 0. The number of ether oxygens (including phenoxy) is 1. The van der Waals surface area contributed by atoms with Gasteiger partial charge in [0.1, 0.15) is 11.8 Å². The van der Waals surface area contributed by atoms with Crippen LogP contribution in [0, 0.1) is 11.3 Å². The zero-order chi connectivity index (χ0) is 19.1. The van der Waals surface area contributed by atoms with E-state index in [2.05, 4.69) is 20.6 Å². The third-order valence-electron chi connectivity index (χ3n) is 3.64. The molecule has 0 atom stereocenters. The number of hydrogen-bond donors (Lipinski definition) is 2.